The summed E-state index contributed by atoms with van der Waals surface area (Å²) in [6.45, 7) is 4.90. The third-order valence-electron chi connectivity index (χ3n) is 3.74. The molecule has 0 N–H and O–H groups in total. The maximum atomic E-state index is 2.61. The van der Waals surface area contributed by atoms with E-state index in [9.17, 15) is 0 Å². The van der Waals surface area contributed by atoms with Gasteiger partial charge in [0, 0.05) is 17.1 Å². The first-order valence-electron chi connectivity index (χ1n) is 7.11. The second-order valence-electron chi connectivity index (χ2n) is 5.06. The molecule has 116 valence electrons. The minimum absolute atomic E-state index is 0. The third kappa shape index (κ3) is 5.36. The molecule has 2 aromatic rings. The summed E-state index contributed by atoms with van der Waals surface area (Å²) < 4.78 is 1.42. The van der Waals surface area contributed by atoms with E-state index in [1.807, 2.05) is 30.3 Å². The van der Waals surface area contributed by atoms with E-state index in [2.05, 4.69) is 52.6 Å². The van der Waals surface area contributed by atoms with Crippen LogP contribution in [0.3, 0.4) is 0 Å². The van der Waals surface area contributed by atoms with Crippen molar-refractivity contribution in [2.45, 2.75) is 32.2 Å². The predicted octanol–water partition coefficient (Wildman–Crippen LogP) is 4.96. The summed E-state index contributed by atoms with van der Waals surface area (Å²) in [5.41, 5.74) is 1.51. The zero-order valence-corrected chi connectivity index (χ0v) is 15.2. The van der Waals surface area contributed by atoms with Crippen LogP contribution in [0.25, 0.3) is 0 Å². The second-order valence-corrected chi connectivity index (χ2v) is 6.23. The molecule has 0 amide bonds. The first-order chi connectivity index (χ1) is 9.29. The minimum atomic E-state index is 0. The Kier molecular flexibility index (Phi) is 8.78. The van der Waals surface area contributed by atoms with E-state index in [-0.39, 0.29) is 17.1 Å². The quantitative estimate of drug-likeness (QED) is 0.375. The standard InChI is InChI=1S/C12H17IN.C5H5.Fe/c1-10(11-6-5-7-12(11)13)14-8-3-2-4-9-14;1-2-4-5-3-1;/h5-7,10H,2-4,8-9H2,1H3;1-5H;/q-1;-5;/t10-;;/m1../s1. The van der Waals surface area contributed by atoms with Crippen molar-refractivity contribution in [1.82, 2.24) is 4.90 Å². The van der Waals surface area contributed by atoms with Gasteiger partial charge in [0.25, 0.3) is 0 Å². The van der Waals surface area contributed by atoms with Gasteiger partial charge >= 0.3 is 0 Å². The van der Waals surface area contributed by atoms with Crippen molar-refractivity contribution in [3.63, 3.8) is 0 Å². The molecule has 0 bridgehead atoms. The third-order valence-corrected chi connectivity index (χ3v) is 4.72. The Bertz CT molecular complexity index is 426. The van der Waals surface area contributed by atoms with Crippen LogP contribution < -0.4 is 0 Å². The summed E-state index contributed by atoms with van der Waals surface area (Å²) in [6, 6.07) is 17.2. The molecule has 1 heterocycles. The zero-order chi connectivity index (χ0) is 13.5. The van der Waals surface area contributed by atoms with Crippen molar-refractivity contribution >= 4 is 22.6 Å². The smallest absolute Gasteiger partial charge is 0 e. The van der Waals surface area contributed by atoms with E-state index in [1.165, 1.54) is 41.5 Å². The molecule has 1 fully saturated rings. The van der Waals surface area contributed by atoms with Crippen LogP contribution in [0.1, 0.15) is 37.8 Å². The molecular weight excluding hydrogens is 401 g/mol. The molecule has 0 unspecified atom stereocenters. The van der Waals surface area contributed by atoms with Gasteiger partial charge < -0.3 is 35.2 Å². The number of hydrogen-bond acceptors (Lipinski definition) is 1. The van der Waals surface area contributed by atoms with Gasteiger partial charge in [-0.2, -0.15) is 6.07 Å². The van der Waals surface area contributed by atoms with Crippen molar-refractivity contribution in [1.29, 1.82) is 0 Å². The van der Waals surface area contributed by atoms with Crippen molar-refractivity contribution in [2.75, 3.05) is 13.1 Å². The Morgan fingerprint density at radius 3 is 2.10 bits per heavy atom. The maximum Gasteiger partial charge on any atom is 0 e. The van der Waals surface area contributed by atoms with Gasteiger partial charge in [0.15, 0.2) is 0 Å². The average Bonchev–Trinajstić information content (AvgIpc) is 3.13. The van der Waals surface area contributed by atoms with E-state index in [1.54, 1.807) is 0 Å². The van der Waals surface area contributed by atoms with Crippen molar-refractivity contribution in [3.05, 3.63) is 57.7 Å². The maximum absolute atomic E-state index is 2.61. The van der Waals surface area contributed by atoms with Crippen molar-refractivity contribution < 1.29 is 17.1 Å². The normalized spacial score (nSPS) is 16.7. The molecule has 3 heteroatoms. The first-order valence-corrected chi connectivity index (χ1v) is 8.19. The molecule has 2 aromatic carbocycles. The molecule has 0 aliphatic carbocycles. The van der Waals surface area contributed by atoms with Crippen molar-refractivity contribution in [3.8, 4) is 0 Å². The Balaban J connectivity index is 0.000000283. The summed E-state index contributed by atoms with van der Waals surface area (Å²) in [5.74, 6) is 0. The van der Waals surface area contributed by atoms with Crippen LogP contribution >= 0.6 is 22.6 Å². The molecule has 1 aliphatic heterocycles. The Morgan fingerprint density at radius 2 is 1.65 bits per heavy atom. The number of nitrogens with zero attached hydrogens (tertiary/aromatic N) is 1. The van der Waals surface area contributed by atoms with Crippen LogP contribution in [0.4, 0.5) is 0 Å². The van der Waals surface area contributed by atoms with Gasteiger partial charge in [0.2, 0.25) is 0 Å². The molecule has 1 nitrogen and oxygen atoms in total. The van der Waals surface area contributed by atoms with E-state index in [4.69, 9.17) is 0 Å². The van der Waals surface area contributed by atoms with Crippen LogP contribution in [0.2, 0.25) is 0 Å². The summed E-state index contributed by atoms with van der Waals surface area (Å²) in [4.78, 5) is 2.61. The summed E-state index contributed by atoms with van der Waals surface area (Å²) >= 11 is 2.44. The van der Waals surface area contributed by atoms with Gasteiger partial charge in [0.1, 0.15) is 0 Å². The van der Waals surface area contributed by atoms with E-state index in [0.29, 0.717) is 6.04 Å². The Hall–Kier alpha value is -0.0905. The molecule has 20 heavy (non-hydrogen) atoms. The Labute approximate surface area is 147 Å². The number of hydrogen-bond donors (Lipinski definition) is 0. The molecule has 0 spiro atoms. The molecule has 0 radical (unpaired) electrons. The molecule has 1 atom stereocenters. The summed E-state index contributed by atoms with van der Waals surface area (Å²) in [5, 5.41) is 0. The largest absolute Gasteiger partial charge is 0.748 e. The minimum Gasteiger partial charge on any atom is -0.748 e. The fourth-order valence-electron chi connectivity index (χ4n) is 2.57. The van der Waals surface area contributed by atoms with Crippen LogP contribution in [0.5, 0.6) is 0 Å². The second kappa shape index (κ2) is 9.77. The van der Waals surface area contributed by atoms with E-state index in [0.717, 1.165) is 0 Å². The number of rotatable bonds is 2. The van der Waals surface area contributed by atoms with Gasteiger partial charge in [-0.15, -0.1) is 9.13 Å². The fourth-order valence-corrected chi connectivity index (χ4v) is 3.41. The molecule has 3 rings (SSSR count). The van der Waals surface area contributed by atoms with Gasteiger partial charge in [0.05, 0.1) is 0 Å². The van der Waals surface area contributed by atoms with Crippen LogP contribution in [-0.2, 0) is 17.1 Å². The SMILES string of the molecule is C[C@H]([c-]1cccc1I)N1CCCCC1.[Fe].[cH-]1[cH-][cH-][cH-][cH-]1. The summed E-state index contributed by atoms with van der Waals surface area (Å²) in [6.07, 6.45) is 4.17. The summed E-state index contributed by atoms with van der Waals surface area (Å²) in [7, 11) is 0. The topological polar surface area (TPSA) is 3.24 Å². The zero-order valence-electron chi connectivity index (χ0n) is 11.9. The fraction of sp³-hybridized carbons (Fsp3) is 0.412. The molecule has 0 saturated carbocycles. The monoisotopic (exact) mass is 423 g/mol. The van der Waals surface area contributed by atoms with E-state index >= 15 is 0 Å². The van der Waals surface area contributed by atoms with Gasteiger partial charge in [-0.05, 0) is 32.0 Å². The van der Waals surface area contributed by atoms with Crippen LogP contribution in [-0.4, -0.2) is 18.0 Å². The Morgan fingerprint density at radius 1 is 1.10 bits per heavy atom. The number of likely N-dealkylation sites (tertiary alicyclic amines) is 1. The molecular formula is C17H22FeIN-6. The number of piperidine rings is 1. The molecule has 1 saturated heterocycles. The molecule has 1 aliphatic rings. The van der Waals surface area contributed by atoms with Crippen LogP contribution in [0.15, 0.2) is 48.5 Å². The number of halogens is 1. The first kappa shape index (κ1) is 18.0. The van der Waals surface area contributed by atoms with E-state index < -0.39 is 0 Å². The van der Waals surface area contributed by atoms with Gasteiger partial charge in [-0.25, -0.2) is 12.1 Å². The predicted molar refractivity (Wildman–Crippen MR) is 90.6 cm³/mol. The molecule has 0 aromatic heterocycles. The van der Waals surface area contributed by atoms with Gasteiger partial charge in [-0.1, -0.05) is 35.9 Å². The van der Waals surface area contributed by atoms with Gasteiger partial charge in [-0.3, -0.25) is 0 Å². The average molecular weight is 423 g/mol. The van der Waals surface area contributed by atoms with Crippen LogP contribution in [0, 0.1) is 3.57 Å². The van der Waals surface area contributed by atoms with Crippen molar-refractivity contribution in [2.24, 2.45) is 0 Å².